The normalized spacial score (nSPS) is 19.6. The molecule has 10 heteroatoms. The lowest BCUT2D eigenvalue weighted by atomic mass is 9.97. The summed E-state index contributed by atoms with van der Waals surface area (Å²) in [4.78, 5) is 14.1. The van der Waals surface area contributed by atoms with Crippen LogP contribution < -0.4 is 9.21 Å². The Morgan fingerprint density at radius 3 is 2.13 bits per heavy atom. The molecule has 4 rings (SSSR count). The number of fused-ring (bicyclic) bond motifs is 3. The van der Waals surface area contributed by atoms with E-state index in [9.17, 15) is 21.6 Å². The fourth-order valence-electron chi connectivity index (χ4n) is 3.94. The van der Waals surface area contributed by atoms with Crippen LogP contribution in [0.2, 0.25) is 0 Å². The molecule has 2 aromatic carbocycles. The zero-order valence-corrected chi connectivity index (χ0v) is 18.4. The van der Waals surface area contributed by atoms with Crippen molar-refractivity contribution in [1.29, 1.82) is 0 Å². The standard InChI is InChI=1S/C20H23N3O5S2/c1-21(2)29(25,26)17-7-9-18(10-8-17)30(27,28)23-14-15-13-16(24)11-12-22(15)19-5-3-4-6-20(19)23/h3-10,15H,11-14H2,1-2H3. The summed E-state index contributed by atoms with van der Waals surface area (Å²) < 4.78 is 53.9. The Hall–Kier alpha value is -2.43. The number of ketones is 1. The number of sulfonamides is 2. The van der Waals surface area contributed by atoms with Gasteiger partial charge in [0.25, 0.3) is 10.0 Å². The van der Waals surface area contributed by atoms with Gasteiger partial charge in [-0.2, -0.15) is 0 Å². The zero-order chi connectivity index (χ0) is 21.7. The molecule has 1 fully saturated rings. The molecule has 2 heterocycles. The molecule has 1 saturated heterocycles. The third-order valence-electron chi connectivity index (χ3n) is 5.56. The highest BCUT2D eigenvalue weighted by molar-refractivity contribution is 7.93. The number of para-hydroxylation sites is 2. The molecular weight excluding hydrogens is 426 g/mol. The van der Waals surface area contributed by atoms with Crippen LogP contribution in [0.25, 0.3) is 0 Å². The number of benzene rings is 2. The number of nitrogens with zero attached hydrogens (tertiary/aromatic N) is 3. The average molecular weight is 450 g/mol. The highest BCUT2D eigenvalue weighted by Gasteiger charge is 2.39. The monoisotopic (exact) mass is 449 g/mol. The topological polar surface area (TPSA) is 95.1 Å². The summed E-state index contributed by atoms with van der Waals surface area (Å²) in [6, 6.07) is 12.3. The minimum atomic E-state index is -3.94. The van der Waals surface area contributed by atoms with Crippen LogP contribution in [0.5, 0.6) is 0 Å². The Morgan fingerprint density at radius 1 is 0.900 bits per heavy atom. The van der Waals surface area contributed by atoms with Gasteiger partial charge in [0.1, 0.15) is 5.78 Å². The smallest absolute Gasteiger partial charge is 0.264 e. The fourth-order valence-corrected chi connectivity index (χ4v) is 6.36. The molecule has 30 heavy (non-hydrogen) atoms. The first kappa shape index (κ1) is 20.8. The Balaban J connectivity index is 1.74. The quantitative estimate of drug-likeness (QED) is 0.705. The Morgan fingerprint density at radius 2 is 1.50 bits per heavy atom. The lowest BCUT2D eigenvalue weighted by molar-refractivity contribution is -0.120. The third kappa shape index (κ3) is 3.38. The van der Waals surface area contributed by atoms with Gasteiger partial charge in [-0.05, 0) is 36.4 Å². The first-order valence-electron chi connectivity index (χ1n) is 9.55. The van der Waals surface area contributed by atoms with Gasteiger partial charge in [-0.25, -0.2) is 21.1 Å². The van der Waals surface area contributed by atoms with E-state index in [1.54, 1.807) is 12.1 Å². The first-order chi connectivity index (χ1) is 14.1. The average Bonchev–Trinajstić information content (AvgIpc) is 2.72. The Bertz CT molecular complexity index is 1190. The van der Waals surface area contributed by atoms with Crippen LogP contribution in [0, 0.1) is 0 Å². The van der Waals surface area contributed by atoms with E-state index in [1.807, 2.05) is 12.1 Å². The van der Waals surface area contributed by atoms with Crippen molar-refractivity contribution < 1.29 is 21.6 Å². The van der Waals surface area contributed by atoms with E-state index in [4.69, 9.17) is 0 Å². The van der Waals surface area contributed by atoms with Crippen LogP contribution in [0.1, 0.15) is 12.8 Å². The number of anilines is 2. The number of hydrogen-bond acceptors (Lipinski definition) is 6. The summed E-state index contributed by atoms with van der Waals surface area (Å²) in [5.74, 6) is 0.131. The van der Waals surface area contributed by atoms with Gasteiger partial charge in [-0.15, -0.1) is 0 Å². The van der Waals surface area contributed by atoms with Gasteiger partial charge in [0, 0.05) is 33.5 Å². The van der Waals surface area contributed by atoms with Crippen molar-refractivity contribution in [3.05, 3.63) is 48.5 Å². The molecule has 0 radical (unpaired) electrons. The van der Waals surface area contributed by atoms with Gasteiger partial charge in [0.2, 0.25) is 10.0 Å². The molecule has 0 aliphatic carbocycles. The van der Waals surface area contributed by atoms with Crippen molar-refractivity contribution in [3.63, 3.8) is 0 Å². The molecule has 8 nitrogen and oxygen atoms in total. The minimum Gasteiger partial charge on any atom is -0.364 e. The number of rotatable bonds is 4. The van der Waals surface area contributed by atoms with Crippen molar-refractivity contribution in [1.82, 2.24) is 4.31 Å². The summed E-state index contributed by atoms with van der Waals surface area (Å²) in [5, 5.41) is 0. The van der Waals surface area contributed by atoms with E-state index in [-0.39, 0.29) is 28.2 Å². The van der Waals surface area contributed by atoms with Gasteiger partial charge in [-0.1, -0.05) is 12.1 Å². The number of hydrogen-bond donors (Lipinski definition) is 0. The van der Waals surface area contributed by atoms with Crippen molar-refractivity contribution >= 4 is 37.2 Å². The van der Waals surface area contributed by atoms with E-state index in [1.165, 1.54) is 42.7 Å². The molecule has 0 aromatic heterocycles. The van der Waals surface area contributed by atoms with Crippen molar-refractivity contribution in [3.8, 4) is 0 Å². The van der Waals surface area contributed by atoms with Crippen LogP contribution >= 0.6 is 0 Å². The minimum absolute atomic E-state index is 0.00518. The van der Waals surface area contributed by atoms with Crippen molar-refractivity contribution in [2.75, 3.05) is 36.4 Å². The summed E-state index contributed by atoms with van der Waals surface area (Å²) >= 11 is 0. The lowest BCUT2D eigenvalue weighted by Crippen LogP contribution is -2.54. The van der Waals surface area contributed by atoms with Crippen LogP contribution in [0.15, 0.2) is 58.3 Å². The molecule has 0 spiro atoms. The van der Waals surface area contributed by atoms with E-state index in [0.717, 1.165) is 9.99 Å². The highest BCUT2D eigenvalue weighted by Crippen LogP contribution is 2.40. The summed E-state index contributed by atoms with van der Waals surface area (Å²) in [7, 11) is -4.76. The Kier molecular flexibility index (Phi) is 5.11. The summed E-state index contributed by atoms with van der Waals surface area (Å²) in [5.41, 5.74) is 1.35. The maximum Gasteiger partial charge on any atom is 0.264 e. The third-order valence-corrected chi connectivity index (χ3v) is 9.19. The molecule has 2 aliphatic heterocycles. The molecule has 0 N–H and O–H groups in total. The maximum atomic E-state index is 13.5. The second kappa shape index (κ2) is 7.36. The van der Waals surface area contributed by atoms with E-state index < -0.39 is 20.0 Å². The highest BCUT2D eigenvalue weighted by atomic mass is 32.2. The molecule has 160 valence electrons. The predicted molar refractivity (Wildman–Crippen MR) is 114 cm³/mol. The maximum absolute atomic E-state index is 13.5. The summed E-state index contributed by atoms with van der Waals surface area (Å²) in [6.45, 7) is 0.744. The zero-order valence-electron chi connectivity index (χ0n) is 16.7. The van der Waals surface area contributed by atoms with Gasteiger partial charge < -0.3 is 4.90 Å². The van der Waals surface area contributed by atoms with Gasteiger partial charge in [0.05, 0.1) is 33.8 Å². The van der Waals surface area contributed by atoms with Crippen molar-refractivity contribution in [2.24, 2.45) is 0 Å². The van der Waals surface area contributed by atoms with E-state index in [2.05, 4.69) is 4.90 Å². The van der Waals surface area contributed by atoms with Gasteiger partial charge in [0.15, 0.2) is 0 Å². The van der Waals surface area contributed by atoms with E-state index in [0.29, 0.717) is 25.1 Å². The van der Waals surface area contributed by atoms with Crippen LogP contribution in [0.3, 0.4) is 0 Å². The molecule has 2 aromatic rings. The number of carbonyl (C=O) groups is 1. The molecule has 0 saturated carbocycles. The van der Waals surface area contributed by atoms with E-state index >= 15 is 0 Å². The van der Waals surface area contributed by atoms with Gasteiger partial charge in [-0.3, -0.25) is 9.10 Å². The lowest BCUT2D eigenvalue weighted by Gasteiger charge is -2.45. The molecule has 1 unspecified atom stereocenters. The molecule has 2 aliphatic rings. The number of carbonyl (C=O) groups excluding carboxylic acids is 1. The SMILES string of the molecule is CN(C)S(=O)(=O)c1ccc(S(=O)(=O)N2CC3CC(=O)CCN3c3ccccc32)cc1. The predicted octanol–water partition coefficient (Wildman–Crippen LogP) is 1.68. The van der Waals surface area contributed by atoms with Crippen LogP contribution in [-0.4, -0.2) is 60.2 Å². The molecule has 0 amide bonds. The molecule has 0 bridgehead atoms. The van der Waals surface area contributed by atoms with Crippen molar-refractivity contribution in [2.45, 2.75) is 28.7 Å². The molecular formula is C20H23N3O5S2. The van der Waals surface area contributed by atoms with Crippen LogP contribution in [0.4, 0.5) is 11.4 Å². The second-order valence-corrected chi connectivity index (χ2v) is 11.6. The fraction of sp³-hybridized carbons (Fsp3) is 0.350. The molecule has 1 atom stereocenters. The number of Topliss-reactive ketones (excluding diaryl/α,β-unsaturated/α-hetero) is 1. The second-order valence-electron chi connectivity index (χ2n) is 7.62. The number of piperidine rings is 1. The Labute approximate surface area is 176 Å². The summed E-state index contributed by atoms with van der Waals surface area (Å²) in [6.07, 6.45) is 0.764. The van der Waals surface area contributed by atoms with Crippen LogP contribution in [-0.2, 0) is 24.8 Å². The van der Waals surface area contributed by atoms with Gasteiger partial charge >= 0.3 is 0 Å². The first-order valence-corrected chi connectivity index (χ1v) is 12.4. The largest absolute Gasteiger partial charge is 0.364 e.